The Bertz CT molecular complexity index is 1290. The van der Waals surface area contributed by atoms with Gasteiger partial charge in [-0.05, 0) is 71.8 Å². The number of para-hydroxylation sites is 1. The van der Waals surface area contributed by atoms with E-state index in [2.05, 4.69) is 26.5 Å². The predicted molar refractivity (Wildman–Crippen MR) is 142 cm³/mol. The molecule has 1 N–H and O–H groups in total. The molecule has 0 aliphatic rings. The Morgan fingerprint density at radius 2 is 1.46 bits per heavy atom. The van der Waals surface area contributed by atoms with Crippen LogP contribution in [-0.2, 0) is 13.2 Å². The van der Waals surface area contributed by atoms with Crippen LogP contribution in [0.2, 0.25) is 5.02 Å². The predicted octanol–water partition coefficient (Wildman–Crippen LogP) is 7.02. The fourth-order valence-corrected chi connectivity index (χ4v) is 3.53. The summed E-state index contributed by atoms with van der Waals surface area (Å²) in [6.45, 7) is 0.841. The second-order valence-electron chi connectivity index (χ2n) is 7.59. The molecule has 0 saturated carbocycles. The number of halogens is 2. The molecule has 0 aliphatic heterocycles. The number of carbonyl (C=O) groups is 1. The van der Waals surface area contributed by atoms with Crippen molar-refractivity contribution in [3.63, 3.8) is 0 Å². The Labute approximate surface area is 217 Å². The van der Waals surface area contributed by atoms with Gasteiger partial charge in [0.25, 0.3) is 5.91 Å². The SMILES string of the molecule is O=C(N/N=C/c1ccccc1OCc1ccc(Br)cc1)c1ccc(OCc2ccc(Cl)cc2)cc1. The van der Waals surface area contributed by atoms with Gasteiger partial charge in [-0.25, -0.2) is 5.43 Å². The van der Waals surface area contributed by atoms with Crippen LogP contribution in [0, 0.1) is 0 Å². The Balaban J connectivity index is 1.30. The summed E-state index contributed by atoms with van der Waals surface area (Å²) in [6, 6.07) is 29.8. The second-order valence-corrected chi connectivity index (χ2v) is 8.94. The number of hydrazone groups is 1. The van der Waals surface area contributed by atoms with Crippen molar-refractivity contribution in [2.45, 2.75) is 13.2 Å². The molecule has 7 heteroatoms. The largest absolute Gasteiger partial charge is 0.489 e. The van der Waals surface area contributed by atoms with Crippen LogP contribution in [0.4, 0.5) is 0 Å². The van der Waals surface area contributed by atoms with E-state index in [0.29, 0.717) is 35.3 Å². The number of carbonyl (C=O) groups excluding carboxylic acids is 1. The molecule has 0 heterocycles. The van der Waals surface area contributed by atoms with Gasteiger partial charge in [0.1, 0.15) is 24.7 Å². The quantitative estimate of drug-likeness (QED) is 0.180. The highest BCUT2D eigenvalue weighted by Crippen LogP contribution is 2.19. The molecular formula is C28H22BrClN2O3. The minimum atomic E-state index is -0.321. The smallest absolute Gasteiger partial charge is 0.271 e. The summed E-state index contributed by atoms with van der Waals surface area (Å²) in [6.07, 6.45) is 1.57. The molecule has 0 spiro atoms. The Hall–Kier alpha value is -3.61. The summed E-state index contributed by atoms with van der Waals surface area (Å²) in [5.74, 6) is 1.02. The first kappa shape index (κ1) is 24.5. The van der Waals surface area contributed by atoms with Gasteiger partial charge in [0.05, 0.1) is 6.21 Å². The van der Waals surface area contributed by atoms with E-state index >= 15 is 0 Å². The van der Waals surface area contributed by atoms with Gasteiger partial charge in [-0.15, -0.1) is 0 Å². The Kier molecular flexibility index (Phi) is 8.54. The van der Waals surface area contributed by atoms with Gasteiger partial charge in [0.15, 0.2) is 0 Å². The topological polar surface area (TPSA) is 59.9 Å². The molecule has 0 unspecified atom stereocenters. The standard InChI is InChI=1S/C28H22BrClN2O3/c29-24-11-5-20(6-12-24)19-35-27-4-2-1-3-23(27)17-31-32-28(33)22-9-15-26(16-10-22)34-18-21-7-13-25(30)14-8-21/h1-17H,18-19H2,(H,32,33)/b31-17+. The highest BCUT2D eigenvalue weighted by molar-refractivity contribution is 9.10. The van der Waals surface area contributed by atoms with Crippen molar-refractivity contribution in [3.8, 4) is 11.5 Å². The number of nitrogens with one attached hydrogen (secondary N) is 1. The van der Waals surface area contributed by atoms with Crippen LogP contribution in [0.3, 0.4) is 0 Å². The molecule has 4 rings (SSSR count). The fraction of sp³-hybridized carbons (Fsp3) is 0.0714. The number of hydrogen-bond donors (Lipinski definition) is 1. The van der Waals surface area contributed by atoms with Crippen LogP contribution in [0.15, 0.2) is 107 Å². The number of hydrogen-bond acceptors (Lipinski definition) is 4. The second kappa shape index (κ2) is 12.2. The van der Waals surface area contributed by atoms with Crippen LogP contribution < -0.4 is 14.9 Å². The molecule has 176 valence electrons. The van der Waals surface area contributed by atoms with Gasteiger partial charge in [-0.1, -0.05) is 63.9 Å². The molecule has 0 bridgehead atoms. The van der Waals surface area contributed by atoms with Crippen LogP contribution in [0.25, 0.3) is 0 Å². The molecule has 4 aromatic carbocycles. The zero-order chi connectivity index (χ0) is 24.5. The third-order valence-corrected chi connectivity index (χ3v) is 5.81. The summed E-state index contributed by atoms with van der Waals surface area (Å²) >= 11 is 9.33. The average Bonchev–Trinajstić information content (AvgIpc) is 2.89. The number of amides is 1. The number of benzene rings is 4. The van der Waals surface area contributed by atoms with Crippen LogP contribution in [0.5, 0.6) is 11.5 Å². The first-order chi connectivity index (χ1) is 17.1. The highest BCUT2D eigenvalue weighted by atomic mass is 79.9. The Morgan fingerprint density at radius 3 is 2.17 bits per heavy atom. The summed E-state index contributed by atoms with van der Waals surface area (Å²) in [5, 5.41) is 4.78. The fourth-order valence-electron chi connectivity index (χ4n) is 3.14. The first-order valence-electron chi connectivity index (χ1n) is 10.8. The van der Waals surface area contributed by atoms with Crippen LogP contribution in [-0.4, -0.2) is 12.1 Å². The molecule has 0 radical (unpaired) electrons. The van der Waals surface area contributed by atoms with Gasteiger partial charge < -0.3 is 9.47 Å². The van der Waals surface area contributed by atoms with Gasteiger partial charge >= 0.3 is 0 Å². The summed E-state index contributed by atoms with van der Waals surface area (Å²) in [4.78, 5) is 12.5. The van der Waals surface area contributed by atoms with Crippen molar-refractivity contribution in [1.82, 2.24) is 5.43 Å². The summed E-state index contributed by atoms with van der Waals surface area (Å²) in [5.41, 5.74) is 5.84. The van der Waals surface area contributed by atoms with Gasteiger partial charge in [0.2, 0.25) is 0 Å². The average molecular weight is 550 g/mol. The van der Waals surface area contributed by atoms with Crippen molar-refractivity contribution in [2.75, 3.05) is 0 Å². The molecule has 1 amide bonds. The van der Waals surface area contributed by atoms with E-state index in [1.165, 1.54) is 0 Å². The number of nitrogens with zero attached hydrogens (tertiary/aromatic N) is 1. The molecular weight excluding hydrogens is 528 g/mol. The molecule has 5 nitrogen and oxygen atoms in total. The van der Waals surface area contributed by atoms with E-state index in [0.717, 1.165) is 21.2 Å². The third-order valence-electron chi connectivity index (χ3n) is 5.03. The van der Waals surface area contributed by atoms with E-state index in [-0.39, 0.29) is 5.91 Å². The molecule has 0 atom stereocenters. The summed E-state index contributed by atoms with van der Waals surface area (Å²) in [7, 11) is 0. The maximum atomic E-state index is 12.5. The molecule has 0 aromatic heterocycles. The highest BCUT2D eigenvalue weighted by Gasteiger charge is 2.06. The van der Waals surface area contributed by atoms with Crippen molar-refractivity contribution in [2.24, 2.45) is 5.10 Å². The monoisotopic (exact) mass is 548 g/mol. The van der Waals surface area contributed by atoms with Crippen molar-refractivity contribution >= 4 is 39.7 Å². The lowest BCUT2D eigenvalue weighted by Crippen LogP contribution is -2.17. The molecule has 35 heavy (non-hydrogen) atoms. The third kappa shape index (κ3) is 7.44. The Morgan fingerprint density at radius 1 is 0.829 bits per heavy atom. The minimum absolute atomic E-state index is 0.321. The van der Waals surface area contributed by atoms with E-state index in [1.807, 2.05) is 72.8 Å². The van der Waals surface area contributed by atoms with E-state index in [1.54, 1.807) is 30.5 Å². The number of rotatable bonds is 9. The lowest BCUT2D eigenvalue weighted by Gasteiger charge is -2.09. The molecule has 4 aromatic rings. The van der Waals surface area contributed by atoms with Gasteiger partial charge in [0, 0.05) is 20.6 Å². The zero-order valence-corrected chi connectivity index (χ0v) is 21.0. The van der Waals surface area contributed by atoms with Crippen LogP contribution in [0.1, 0.15) is 27.0 Å². The maximum Gasteiger partial charge on any atom is 0.271 e. The van der Waals surface area contributed by atoms with Crippen LogP contribution >= 0.6 is 27.5 Å². The number of ether oxygens (including phenoxy) is 2. The van der Waals surface area contributed by atoms with E-state index < -0.39 is 0 Å². The van der Waals surface area contributed by atoms with E-state index in [4.69, 9.17) is 21.1 Å². The molecule has 0 saturated heterocycles. The maximum absolute atomic E-state index is 12.5. The lowest BCUT2D eigenvalue weighted by atomic mass is 10.2. The van der Waals surface area contributed by atoms with Gasteiger partial charge in [-0.3, -0.25) is 4.79 Å². The normalized spacial score (nSPS) is 10.8. The molecule has 0 aliphatic carbocycles. The minimum Gasteiger partial charge on any atom is -0.489 e. The summed E-state index contributed by atoms with van der Waals surface area (Å²) < 4.78 is 12.7. The van der Waals surface area contributed by atoms with Gasteiger partial charge in [-0.2, -0.15) is 5.10 Å². The van der Waals surface area contributed by atoms with Crippen molar-refractivity contribution in [3.05, 3.63) is 129 Å². The first-order valence-corrected chi connectivity index (χ1v) is 12.0. The molecule has 0 fully saturated rings. The van der Waals surface area contributed by atoms with Crippen molar-refractivity contribution < 1.29 is 14.3 Å². The lowest BCUT2D eigenvalue weighted by molar-refractivity contribution is 0.0955. The van der Waals surface area contributed by atoms with Crippen molar-refractivity contribution in [1.29, 1.82) is 0 Å². The zero-order valence-electron chi connectivity index (χ0n) is 18.7. The van der Waals surface area contributed by atoms with E-state index in [9.17, 15) is 4.79 Å².